The summed E-state index contributed by atoms with van der Waals surface area (Å²) in [5, 5.41) is 24.6. The van der Waals surface area contributed by atoms with Crippen LogP contribution in [0.3, 0.4) is 0 Å². The minimum Gasteiger partial charge on any atom is -0.507 e. The molecular formula is C24H24N2O6. The number of anilines is 1. The van der Waals surface area contributed by atoms with Crippen molar-refractivity contribution >= 4 is 28.9 Å². The first-order valence-corrected chi connectivity index (χ1v) is 10.5. The van der Waals surface area contributed by atoms with Gasteiger partial charge in [0.1, 0.15) is 17.3 Å². The van der Waals surface area contributed by atoms with E-state index in [-0.39, 0.29) is 51.1 Å². The number of fused-ring (bicyclic) bond motifs is 3. The van der Waals surface area contributed by atoms with E-state index in [0.29, 0.717) is 36.8 Å². The van der Waals surface area contributed by atoms with E-state index in [9.17, 15) is 29.4 Å². The van der Waals surface area contributed by atoms with Crippen molar-refractivity contribution < 1.29 is 29.4 Å². The van der Waals surface area contributed by atoms with Crippen LogP contribution in [0.25, 0.3) is 0 Å². The first kappa shape index (κ1) is 21.7. The van der Waals surface area contributed by atoms with Gasteiger partial charge in [0.05, 0.1) is 28.4 Å². The summed E-state index contributed by atoms with van der Waals surface area (Å²) in [4.78, 5) is 50.4. The third kappa shape index (κ3) is 3.36. The molecule has 0 radical (unpaired) electrons. The van der Waals surface area contributed by atoms with Crippen LogP contribution in [-0.2, 0) is 22.4 Å². The Bertz CT molecular complexity index is 1200. The van der Waals surface area contributed by atoms with Crippen LogP contribution >= 0.6 is 0 Å². The molecule has 166 valence electrons. The highest BCUT2D eigenvalue weighted by molar-refractivity contribution is 6.32. The number of phenolic OH excluding ortho intramolecular Hbond substituents is 2. The fourth-order valence-electron chi connectivity index (χ4n) is 4.67. The van der Waals surface area contributed by atoms with Gasteiger partial charge in [0.25, 0.3) is 0 Å². The van der Waals surface area contributed by atoms with Crippen LogP contribution < -0.4 is 11.1 Å². The Balaban J connectivity index is 1.86. The molecule has 1 amide bonds. The summed E-state index contributed by atoms with van der Waals surface area (Å²) in [5.74, 6) is -2.43. The number of nitrogens with one attached hydrogen (secondary N) is 1. The number of phenols is 2. The van der Waals surface area contributed by atoms with Crippen molar-refractivity contribution in [3.8, 4) is 11.5 Å². The summed E-state index contributed by atoms with van der Waals surface area (Å²) in [6, 6.07) is 3.61. The van der Waals surface area contributed by atoms with Crippen LogP contribution in [0, 0.1) is 5.92 Å². The second kappa shape index (κ2) is 7.87. The minimum absolute atomic E-state index is 0.00917. The monoisotopic (exact) mass is 436 g/mol. The molecule has 32 heavy (non-hydrogen) atoms. The lowest BCUT2D eigenvalue weighted by molar-refractivity contribution is -0.118. The van der Waals surface area contributed by atoms with Gasteiger partial charge in [-0.3, -0.25) is 14.4 Å². The fourth-order valence-corrected chi connectivity index (χ4v) is 4.67. The molecule has 4 rings (SSSR count). The Morgan fingerprint density at radius 3 is 2.41 bits per heavy atom. The summed E-state index contributed by atoms with van der Waals surface area (Å²) in [6.07, 6.45) is 1.67. The zero-order chi connectivity index (χ0) is 23.3. The maximum atomic E-state index is 13.4. The van der Waals surface area contributed by atoms with Crippen molar-refractivity contribution in [2.24, 2.45) is 11.7 Å². The number of rotatable bonds is 4. The highest BCUT2D eigenvalue weighted by Gasteiger charge is 2.40. The highest BCUT2D eigenvalue weighted by atomic mass is 16.3. The van der Waals surface area contributed by atoms with Crippen LogP contribution in [0.15, 0.2) is 18.2 Å². The second-order valence-electron chi connectivity index (χ2n) is 8.58. The number of hydrogen-bond donors (Lipinski definition) is 4. The zero-order valence-corrected chi connectivity index (χ0v) is 17.8. The predicted molar refractivity (Wildman–Crippen MR) is 116 cm³/mol. The van der Waals surface area contributed by atoms with Crippen LogP contribution in [0.5, 0.6) is 11.5 Å². The summed E-state index contributed by atoms with van der Waals surface area (Å²) in [5.41, 5.74) is 6.03. The topological polar surface area (TPSA) is 147 Å². The summed E-state index contributed by atoms with van der Waals surface area (Å²) in [7, 11) is 0. The molecule has 2 aromatic rings. The molecule has 0 fully saturated rings. The van der Waals surface area contributed by atoms with Crippen LogP contribution in [-0.4, -0.2) is 39.5 Å². The smallest absolute Gasteiger partial charge is 0.241 e. The van der Waals surface area contributed by atoms with E-state index in [1.807, 2.05) is 0 Å². The molecular weight excluding hydrogens is 412 g/mol. The number of benzene rings is 2. The van der Waals surface area contributed by atoms with Gasteiger partial charge in [0, 0.05) is 23.1 Å². The van der Waals surface area contributed by atoms with Gasteiger partial charge in [0.15, 0.2) is 11.6 Å². The van der Waals surface area contributed by atoms with Gasteiger partial charge in [0.2, 0.25) is 5.91 Å². The first-order chi connectivity index (χ1) is 15.1. The van der Waals surface area contributed by atoms with Gasteiger partial charge in [-0.05, 0) is 45.1 Å². The third-order valence-corrected chi connectivity index (χ3v) is 6.19. The quantitative estimate of drug-likeness (QED) is 0.459. The second-order valence-corrected chi connectivity index (χ2v) is 8.58. The van der Waals surface area contributed by atoms with Gasteiger partial charge in [-0.1, -0.05) is 12.1 Å². The first-order valence-electron chi connectivity index (χ1n) is 10.5. The van der Waals surface area contributed by atoms with E-state index in [0.717, 1.165) is 0 Å². The molecule has 2 aromatic carbocycles. The normalized spacial score (nSPS) is 17.8. The molecule has 2 aliphatic carbocycles. The largest absolute Gasteiger partial charge is 0.507 e. The maximum Gasteiger partial charge on any atom is 0.241 e. The maximum absolute atomic E-state index is 13.4. The Morgan fingerprint density at radius 2 is 1.75 bits per heavy atom. The van der Waals surface area contributed by atoms with E-state index in [2.05, 4.69) is 5.32 Å². The molecule has 8 heteroatoms. The molecule has 0 aliphatic heterocycles. The Kier molecular flexibility index (Phi) is 5.34. The van der Waals surface area contributed by atoms with Crippen LogP contribution in [0.4, 0.5) is 5.69 Å². The average Bonchev–Trinajstić information content (AvgIpc) is 2.73. The van der Waals surface area contributed by atoms with Crippen LogP contribution in [0.2, 0.25) is 0 Å². The summed E-state index contributed by atoms with van der Waals surface area (Å²) >= 11 is 0. The highest BCUT2D eigenvalue weighted by Crippen LogP contribution is 2.47. The Labute approximate surface area is 184 Å². The van der Waals surface area contributed by atoms with Gasteiger partial charge >= 0.3 is 0 Å². The molecule has 8 nitrogen and oxygen atoms in total. The lowest BCUT2D eigenvalue weighted by Crippen LogP contribution is -2.33. The number of carbonyl (C=O) groups is 4. The molecule has 0 saturated heterocycles. The Morgan fingerprint density at radius 1 is 1.09 bits per heavy atom. The van der Waals surface area contributed by atoms with Crippen LogP contribution in [0.1, 0.15) is 69.7 Å². The molecule has 2 aliphatic rings. The molecule has 5 N–H and O–H groups in total. The van der Waals surface area contributed by atoms with Gasteiger partial charge in [-0.2, -0.15) is 0 Å². The number of nitrogens with two attached hydrogens (primary N) is 1. The van der Waals surface area contributed by atoms with Gasteiger partial charge in [-0.15, -0.1) is 0 Å². The van der Waals surface area contributed by atoms with E-state index in [1.54, 1.807) is 0 Å². The number of ketones is 3. The minimum atomic E-state index is -0.833. The number of aromatic hydroxyl groups is 2. The van der Waals surface area contributed by atoms with Crippen molar-refractivity contribution in [3.05, 3.63) is 51.6 Å². The SMILES string of the molecule is CC(=O)CC1CCc2c(O)c3c(c(O)c2C1)C(=O)c1cccc(NC(=O)[C@H](C)N)c1C3=O. The van der Waals surface area contributed by atoms with E-state index in [4.69, 9.17) is 5.73 Å². The number of Topliss-reactive ketones (excluding diaryl/α,β-unsaturated/α-hetero) is 1. The average molecular weight is 436 g/mol. The summed E-state index contributed by atoms with van der Waals surface area (Å²) in [6.45, 7) is 2.99. The fraction of sp³-hybridized carbons (Fsp3) is 0.333. The van der Waals surface area contributed by atoms with Crippen molar-refractivity contribution in [2.75, 3.05) is 5.32 Å². The predicted octanol–water partition coefficient (Wildman–Crippen LogP) is 2.24. The number of amides is 1. The molecule has 0 bridgehead atoms. The van der Waals surface area contributed by atoms with Crippen molar-refractivity contribution in [1.29, 1.82) is 0 Å². The standard InChI is InChI=1S/C24H24N2O6/c1-10(27)8-12-6-7-13-15(9-12)22(30)18-19(20(13)28)23(31)17-14(21(18)29)4-3-5-16(17)26-24(32)11(2)25/h3-5,11-12,28,30H,6-9,25H2,1-2H3,(H,26,32)/t11-,12?/m0/s1. The number of hydrogen-bond acceptors (Lipinski definition) is 7. The molecule has 0 heterocycles. The van der Waals surface area contributed by atoms with Crippen molar-refractivity contribution in [1.82, 2.24) is 0 Å². The van der Waals surface area contributed by atoms with E-state index in [1.165, 1.54) is 32.0 Å². The molecule has 0 spiro atoms. The number of carbonyl (C=O) groups excluding carboxylic acids is 4. The summed E-state index contributed by atoms with van der Waals surface area (Å²) < 4.78 is 0. The van der Waals surface area contributed by atoms with Crippen molar-refractivity contribution in [3.63, 3.8) is 0 Å². The Hall–Kier alpha value is -3.52. The molecule has 2 atom stereocenters. The van der Waals surface area contributed by atoms with Crippen molar-refractivity contribution in [2.45, 2.75) is 45.6 Å². The third-order valence-electron chi connectivity index (χ3n) is 6.19. The molecule has 0 aromatic heterocycles. The lowest BCUT2D eigenvalue weighted by Gasteiger charge is -2.29. The molecule has 0 saturated carbocycles. The van der Waals surface area contributed by atoms with E-state index >= 15 is 0 Å². The van der Waals surface area contributed by atoms with Gasteiger partial charge in [-0.25, -0.2) is 0 Å². The molecule has 1 unspecified atom stereocenters. The van der Waals surface area contributed by atoms with E-state index < -0.39 is 23.5 Å². The van der Waals surface area contributed by atoms with Gasteiger partial charge < -0.3 is 26.1 Å². The lowest BCUT2D eigenvalue weighted by atomic mass is 9.74. The zero-order valence-electron chi connectivity index (χ0n) is 17.8.